The van der Waals surface area contributed by atoms with E-state index in [-0.39, 0.29) is 12.5 Å². The zero-order valence-electron chi connectivity index (χ0n) is 14.5. The van der Waals surface area contributed by atoms with Gasteiger partial charge >= 0.3 is 0 Å². The van der Waals surface area contributed by atoms with Gasteiger partial charge in [-0.2, -0.15) is 4.98 Å². The Morgan fingerprint density at radius 2 is 1.64 bits per heavy atom. The quantitative estimate of drug-likeness (QED) is 0.747. The summed E-state index contributed by atoms with van der Waals surface area (Å²) in [6.45, 7) is 4.31. The molecule has 3 aromatic rings. The van der Waals surface area contributed by atoms with Gasteiger partial charge in [-0.25, -0.2) is 0 Å². The Morgan fingerprint density at radius 1 is 1.00 bits per heavy atom. The number of nitrogens with one attached hydrogen (secondary N) is 1. The van der Waals surface area contributed by atoms with E-state index in [1.165, 1.54) is 11.1 Å². The van der Waals surface area contributed by atoms with Crippen LogP contribution in [-0.2, 0) is 17.8 Å². The van der Waals surface area contributed by atoms with Gasteiger partial charge in [0.1, 0.15) is 0 Å². The molecule has 25 heavy (non-hydrogen) atoms. The predicted molar refractivity (Wildman–Crippen MR) is 95.8 cm³/mol. The number of carbonyl (C=O) groups is 1. The lowest BCUT2D eigenvalue weighted by molar-refractivity contribution is -0.121. The van der Waals surface area contributed by atoms with Crippen molar-refractivity contribution in [1.82, 2.24) is 15.5 Å². The van der Waals surface area contributed by atoms with E-state index in [2.05, 4.69) is 39.7 Å². The maximum atomic E-state index is 12.0. The van der Waals surface area contributed by atoms with Crippen molar-refractivity contribution in [2.45, 2.75) is 33.2 Å². The Labute approximate surface area is 147 Å². The Hall–Kier alpha value is -2.95. The van der Waals surface area contributed by atoms with Gasteiger partial charge in [0.2, 0.25) is 17.6 Å². The molecule has 0 saturated carbocycles. The van der Waals surface area contributed by atoms with Crippen LogP contribution >= 0.6 is 0 Å². The summed E-state index contributed by atoms with van der Waals surface area (Å²) < 4.78 is 5.20. The van der Waals surface area contributed by atoms with Gasteiger partial charge in [-0.3, -0.25) is 4.79 Å². The first-order valence-electron chi connectivity index (χ1n) is 8.32. The summed E-state index contributed by atoms with van der Waals surface area (Å²) in [5.41, 5.74) is 4.44. The third-order valence-corrected chi connectivity index (χ3v) is 3.98. The molecule has 0 aliphatic rings. The van der Waals surface area contributed by atoms with E-state index < -0.39 is 0 Å². The molecule has 5 heteroatoms. The van der Waals surface area contributed by atoms with Gasteiger partial charge in [-0.1, -0.05) is 64.8 Å². The van der Waals surface area contributed by atoms with Gasteiger partial charge < -0.3 is 9.84 Å². The number of aromatic nitrogens is 2. The van der Waals surface area contributed by atoms with Gasteiger partial charge in [-0.05, 0) is 25.8 Å². The summed E-state index contributed by atoms with van der Waals surface area (Å²) in [7, 11) is 0. The van der Waals surface area contributed by atoms with Crippen LogP contribution in [0.15, 0.2) is 53.1 Å². The third-order valence-electron chi connectivity index (χ3n) is 3.98. The van der Waals surface area contributed by atoms with Gasteiger partial charge in [-0.15, -0.1) is 0 Å². The van der Waals surface area contributed by atoms with Crippen LogP contribution in [0.1, 0.15) is 29.0 Å². The Kier molecular flexibility index (Phi) is 5.23. The SMILES string of the molecule is Cc1ccc(CCC(=O)NCc2nc(-c3ccc(C)cc3)no2)cc1. The second-order valence-corrected chi connectivity index (χ2v) is 6.14. The molecule has 5 nitrogen and oxygen atoms in total. The maximum absolute atomic E-state index is 12.0. The van der Waals surface area contributed by atoms with Crippen LogP contribution < -0.4 is 5.32 Å². The third kappa shape index (κ3) is 4.76. The minimum absolute atomic E-state index is 0.0318. The summed E-state index contributed by atoms with van der Waals surface area (Å²) in [6.07, 6.45) is 1.15. The molecule has 1 amide bonds. The van der Waals surface area contributed by atoms with Gasteiger partial charge in [0.15, 0.2) is 0 Å². The van der Waals surface area contributed by atoms with Crippen LogP contribution in [-0.4, -0.2) is 16.0 Å². The molecule has 0 fully saturated rings. The number of aryl methyl sites for hydroxylation is 3. The van der Waals surface area contributed by atoms with Gasteiger partial charge in [0, 0.05) is 12.0 Å². The van der Waals surface area contributed by atoms with Crippen molar-refractivity contribution in [3.63, 3.8) is 0 Å². The minimum atomic E-state index is -0.0318. The highest BCUT2D eigenvalue weighted by Crippen LogP contribution is 2.16. The number of carbonyl (C=O) groups excluding carboxylic acids is 1. The van der Waals surface area contributed by atoms with E-state index in [1.807, 2.05) is 38.1 Å². The summed E-state index contributed by atoms with van der Waals surface area (Å²) in [5, 5.41) is 6.78. The molecule has 1 N–H and O–H groups in total. The van der Waals surface area contributed by atoms with Crippen molar-refractivity contribution in [2.24, 2.45) is 0 Å². The lowest BCUT2D eigenvalue weighted by Crippen LogP contribution is -2.23. The number of benzene rings is 2. The molecule has 0 bridgehead atoms. The van der Waals surface area contributed by atoms with Crippen molar-refractivity contribution in [1.29, 1.82) is 0 Å². The van der Waals surface area contributed by atoms with Crippen LogP contribution in [0.3, 0.4) is 0 Å². The molecule has 128 valence electrons. The van der Waals surface area contributed by atoms with Crippen LogP contribution in [0.4, 0.5) is 0 Å². The molecule has 0 atom stereocenters. The number of hydrogen-bond acceptors (Lipinski definition) is 4. The first-order chi connectivity index (χ1) is 12.1. The number of nitrogens with zero attached hydrogens (tertiary/aromatic N) is 2. The maximum Gasteiger partial charge on any atom is 0.246 e. The van der Waals surface area contributed by atoms with Gasteiger partial charge in [0.05, 0.1) is 6.54 Å². The number of rotatable bonds is 6. The Balaban J connectivity index is 1.49. The predicted octanol–water partition coefficient (Wildman–Crippen LogP) is 3.60. The van der Waals surface area contributed by atoms with Crippen LogP contribution in [0, 0.1) is 13.8 Å². The molecule has 0 aliphatic heterocycles. The zero-order valence-corrected chi connectivity index (χ0v) is 14.5. The van der Waals surface area contributed by atoms with E-state index in [0.717, 1.165) is 11.1 Å². The molecule has 0 unspecified atom stereocenters. The van der Waals surface area contributed by atoms with E-state index in [4.69, 9.17) is 4.52 Å². The molecular weight excluding hydrogens is 314 g/mol. The Morgan fingerprint density at radius 3 is 2.32 bits per heavy atom. The molecule has 0 spiro atoms. The molecular formula is C20H21N3O2. The fourth-order valence-electron chi connectivity index (χ4n) is 2.42. The smallest absolute Gasteiger partial charge is 0.246 e. The highest BCUT2D eigenvalue weighted by Gasteiger charge is 2.10. The fraction of sp³-hybridized carbons (Fsp3) is 0.250. The minimum Gasteiger partial charge on any atom is -0.347 e. The summed E-state index contributed by atoms with van der Waals surface area (Å²) >= 11 is 0. The highest BCUT2D eigenvalue weighted by atomic mass is 16.5. The van der Waals surface area contributed by atoms with Crippen molar-refractivity contribution >= 4 is 5.91 Å². The lowest BCUT2D eigenvalue weighted by atomic mass is 10.1. The van der Waals surface area contributed by atoms with E-state index in [1.54, 1.807) is 0 Å². The molecule has 0 aliphatic carbocycles. The normalized spacial score (nSPS) is 10.6. The van der Waals surface area contributed by atoms with E-state index in [9.17, 15) is 4.79 Å². The monoisotopic (exact) mass is 335 g/mol. The summed E-state index contributed by atoms with van der Waals surface area (Å²) in [5.74, 6) is 0.902. The van der Waals surface area contributed by atoms with Crippen molar-refractivity contribution < 1.29 is 9.32 Å². The average molecular weight is 335 g/mol. The second-order valence-electron chi connectivity index (χ2n) is 6.14. The molecule has 2 aromatic carbocycles. The molecule has 1 heterocycles. The zero-order chi connectivity index (χ0) is 17.6. The van der Waals surface area contributed by atoms with Crippen molar-refractivity contribution in [3.05, 3.63) is 71.1 Å². The largest absolute Gasteiger partial charge is 0.347 e. The van der Waals surface area contributed by atoms with Crippen molar-refractivity contribution in [2.75, 3.05) is 0 Å². The highest BCUT2D eigenvalue weighted by molar-refractivity contribution is 5.76. The second kappa shape index (κ2) is 7.75. The Bertz CT molecular complexity index is 836. The molecule has 0 saturated heterocycles. The first kappa shape index (κ1) is 16.9. The number of hydrogen-bond donors (Lipinski definition) is 1. The fourth-order valence-corrected chi connectivity index (χ4v) is 2.42. The molecule has 0 radical (unpaired) electrons. The first-order valence-corrected chi connectivity index (χ1v) is 8.32. The van der Waals surface area contributed by atoms with Gasteiger partial charge in [0.25, 0.3) is 0 Å². The molecule has 1 aromatic heterocycles. The van der Waals surface area contributed by atoms with Crippen LogP contribution in [0.2, 0.25) is 0 Å². The average Bonchev–Trinajstić information content (AvgIpc) is 3.09. The number of amides is 1. The van der Waals surface area contributed by atoms with Crippen LogP contribution in [0.5, 0.6) is 0 Å². The summed E-state index contributed by atoms with van der Waals surface area (Å²) in [4.78, 5) is 16.3. The summed E-state index contributed by atoms with van der Waals surface area (Å²) in [6, 6.07) is 16.1. The van der Waals surface area contributed by atoms with E-state index >= 15 is 0 Å². The van der Waals surface area contributed by atoms with E-state index in [0.29, 0.717) is 24.6 Å². The lowest BCUT2D eigenvalue weighted by Gasteiger charge is -2.03. The topological polar surface area (TPSA) is 68.0 Å². The molecule has 3 rings (SSSR count). The van der Waals surface area contributed by atoms with Crippen LogP contribution in [0.25, 0.3) is 11.4 Å². The standard InChI is InChI=1S/C20H21N3O2/c1-14-3-7-16(8-4-14)9-12-18(24)21-13-19-22-20(23-25-19)17-10-5-15(2)6-11-17/h3-8,10-11H,9,12-13H2,1-2H3,(H,21,24). The van der Waals surface area contributed by atoms with Crippen molar-refractivity contribution in [3.8, 4) is 11.4 Å².